The second-order valence-corrected chi connectivity index (χ2v) is 4.59. The molecule has 0 bridgehead atoms. The predicted molar refractivity (Wildman–Crippen MR) is 70.1 cm³/mol. The molecule has 0 spiro atoms. The molecule has 1 saturated heterocycles. The standard InChI is InChI=1S/C13H20N2O5/c1-5-13(19,20-6-2)14-11(17)9(4)15-10(16)7-8(3)12(15)18/h9,19H,3,5-7H2,1-2,4H3,(H,14,17). The lowest BCUT2D eigenvalue weighted by molar-refractivity contribution is -0.224. The fourth-order valence-electron chi connectivity index (χ4n) is 1.90. The van der Waals surface area contributed by atoms with Crippen LogP contribution in [-0.4, -0.2) is 46.3 Å². The summed E-state index contributed by atoms with van der Waals surface area (Å²) in [5.41, 5.74) is 0.158. The third-order valence-corrected chi connectivity index (χ3v) is 3.10. The normalized spacial score (nSPS) is 20.0. The fourth-order valence-corrected chi connectivity index (χ4v) is 1.90. The van der Waals surface area contributed by atoms with Crippen molar-refractivity contribution in [2.45, 2.75) is 45.6 Å². The monoisotopic (exact) mass is 284 g/mol. The number of ether oxygens (including phenoxy) is 1. The van der Waals surface area contributed by atoms with E-state index in [1.54, 1.807) is 13.8 Å². The molecule has 7 nitrogen and oxygen atoms in total. The molecule has 2 unspecified atom stereocenters. The first-order valence-corrected chi connectivity index (χ1v) is 6.48. The van der Waals surface area contributed by atoms with Gasteiger partial charge in [0.05, 0.1) is 6.42 Å². The number of amides is 3. The summed E-state index contributed by atoms with van der Waals surface area (Å²) >= 11 is 0. The first kappa shape index (κ1) is 16.3. The van der Waals surface area contributed by atoms with Gasteiger partial charge in [0.25, 0.3) is 5.91 Å². The van der Waals surface area contributed by atoms with Gasteiger partial charge in [0.2, 0.25) is 17.7 Å². The molecule has 1 heterocycles. The Morgan fingerprint density at radius 3 is 2.55 bits per heavy atom. The quantitative estimate of drug-likeness (QED) is 0.403. The van der Waals surface area contributed by atoms with E-state index in [4.69, 9.17) is 4.74 Å². The lowest BCUT2D eigenvalue weighted by Crippen LogP contribution is -2.56. The summed E-state index contributed by atoms with van der Waals surface area (Å²) in [6.07, 6.45) is 0.0495. The molecule has 3 amide bonds. The highest BCUT2D eigenvalue weighted by atomic mass is 16.6. The Kier molecular flexibility index (Phi) is 5.02. The van der Waals surface area contributed by atoms with Gasteiger partial charge in [-0.15, -0.1) is 0 Å². The van der Waals surface area contributed by atoms with Gasteiger partial charge in [0, 0.05) is 18.6 Å². The Labute approximate surface area is 117 Å². The third-order valence-electron chi connectivity index (χ3n) is 3.10. The van der Waals surface area contributed by atoms with Crippen LogP contribution in [0.4, 0.5) is 0 Å². The summed E-state index contributed by atoms with van der Waals surface area (Å²) in [5, 5.41) is 12.3. The first-order valence-electron chi connectivity index (χ1n) is 6.48. The third kappa shape index (κ3) is 3.23. The van der Waals surface area contributed by atoms with Crippen LogP contribution in [0.15, 0.2) is 12.2 Å². The number of imide groups is 1. The highest BCUT2D eigenvalue weighted by molar-refractivity contribution is 6.15. The number of likely N-dealkylation sites (tertiary alicyclic amines) is 1. The van der Waals surface area contributed by atoms with Gasteiger partial charge in [0.1, 0.15) is 6.04 Å². The molecule has 2 N–H and O–H groups in total. The summed E-state index contributed by atoms with van der Waals surface area (Å²) in [6.45, 7) is 8.40. The smallest absolute Gasteiger partial charge is 0.257 e. The highest BCUT2D eigenvalue weighted by Gasteiger charge is 2.40. The van der Waals surface area contributed by atoms with E-state index in [-0.39, 0.29) is 25.0 Å². The number of hydrogen-bond acceptors (Lipinski definition) is 5. The van der Waals surface area contributed by atoms with Crippen molar-refractivity contribution in [1.82, 2.24) is 10.2 Å². The van der Waals surface area contributed by atoms with Crippen LogP contribution in [0, 0.1) is 0 Å². The Hall–Kier alpha value is -1.73. The van der Waals surface area contributed by atoms with Crippen LogP contribution in [0.3, 0.4) is 0 Å². The molecule has 20 heavy (non-hydrogen) atoms. The summed E-state index contributed by atoms with van der Waals surface area (Å²) in [6, 6.07) is -1.03. The maximum absolute atomic E-state index is 12.1. The van der Waals surface area contributed by atoms with E-state index in [0.29, 0.717) is 0 Å². The molecule has 1 aliphatic rings. The van der Waals surface area contributed by atoms with Crippen LogP contribution in [0.25, 0.3) is 0 Å². The van der Waals surface area contributed by atoms with Crippen LogP contribution in [-0.2, 0) is 19.1 Å². The van der Waals surface area contributed by atoms with Gasteiger partial charge in [-0.25, -0.2) is 0 Å². The predicted octanol–water partition coefficient (Wildman–Crippen LogP) is -0.101. The number of carbonyl (C=O) groups is 3. The van der Waals surface area contributed by atoms with Crippen LogP contribution in [0.1, 0.15) is 33.6 Å². The Bertz CT molecular complexity index is 448. The maximum atomic E-state index is 12.1. The maximum Gasteiger partial charge on any atom is 0.257 e. The van der Waals surface area contributed by atoms with Gasteiger partial charge in [-0.2, -0.15) is 0 Å². The van der Waals surface area contributed by atoms with Crippen LogP contribution < -0.4 is 5.32 Å². The SMILES string of the molecule is C=C1CC(=O)N(C(C)C(=O)NC(O)(CC)OCC)C1=O. The molecular weight excluding hydrogens is 264 g/mol. The molecule has 0 saturated carbocycles. The molecule has 7 heteroatoms. The fraction of sp³-hybridized carbons (Fsp3) is 0.615. The zero-order valence-electron chi connectivity index (χ0n) is 11.9. The zero-order valence-corrected chi connectivity index (χ0v) is 11.9. The molecule has 0 aromatic rings. The van der Waals surface area contributed by atoms with Crippen molar-refractivity contribution in [2.75, 3.05) is 6.61 Å². The number of nitrogens with zero attached hydrogens (tertiary/aromatic N) is 1. The molecular formula is C13H20N2O5. The van der Waals surface area contributed by atoms with E-state index in [9.17, 15) is 19.5 Å². The number of hydrogen-bond donors (Lipinski definition) is 2. The Morgan fingerprint density at radius 1 is 1.55 bits per heavy atom. The molecule has 0 aromatic heterocycles. The summed E-state index contributed by atoms with van der Waals surface area (Å²) < 4.78 is 5.05. The van der Waals surface area contributed by atoms with Gasteiger partial charge in [-0.3, -0.25) is 19.3 Å². The minimum Gasteiger partial charge on any atom is -0.349 e. The van der Waals surface area contributed by atoms with E-state index in [0.717, 1.165) is 4.90 Å². The van der Waals surface area contributed by atoms with Gasteiger partial charge in [-0.05, 0) is 13.8 Å². The van der Waals surface area contributed by atoms with Crippen molar-refractivity contribution >= 4 is 17.7 Å². The van der Waals surface area contributed by atoms with Crippen molar-refractivity contribution in [3.63, 3.8) is 0 Å². The average Bonchev–Trinajstić information content (AvgIpc) is 2.62. The molecule has 1 rings (SSSR count). The Morgan fingerprint density at radius 2 is 2.15 bits per heavy atom. The van der Waals surface area contributed by atoms with E-state index in [1.165, 1.54) is 6.92 Å². The van der Waals surface area contributed by atoms with E-state index >= 15 is 0 Å². The number of nitrogens with one attached hydrogen (secondary N) is 1. The number of carbonyl (C=O) groups excluding carboxylic acids is 3. The van der Waals surface area contributed by atoms with Gasteiger partial charge >= 0.3 is 0 Å². The average molecular weight is 284 g/mol. The molecule has 0 radical (unpaired) electrons. The van der Waals surface area contributed by atoms with E-state index in [1.807, 2.05) is 0 Å². The Balaban J connectivity index is 2.79. The summed E-state index contributed by atoms with van der Waals surface area (Å²) in [5.74, 6) is -3.50. The lowest BCUT2D eigenvalue weighted by Gasteiger charge is -2.30. The number of rotatable bonds is 6. The van der Waals surface area contributed by atoms with Gasteiger partial charge in [0.15, 0.2) is 0 Å². The second-order valence-electron chi connectivity index (χ2n) is 4.59. The minimum atomic E-state index is -1.80. The van der Waals surface area contributed by atoms with Crippen molar-refractivity contribution in [1.29, 1.82) is 0 Å². The van der Waals surface area contributed by atoms with Gasteiger partial charge < -0.3 is 15.2 Å². The highest BCUT2D eigenvalue weighted by Crippen LogP contribution is 2.20. The van der Waals surface area contributed by atoms with Crippen molar-refractivity contribution < 1.29 is 24.2 Å². The van der Waals surface area contributed by atoms with Crippen molar-refractivity contribution in [3.8, 4) is 0 Å². The van der Waals surface area contributed by atoms with Crippen molar-refractivity contribution in [3.05, 3.63) is 12.2 Å². The molecule has 1 aliphatic heterocycles. The zero-order chi connectivity index (χ0) is 15.5. The molecule has 112 valence electrons. The summed E-state index contributed by atoms with van der Waals surface area (Å²) in [7, 11) is 0. The molecule has 0 aliphatic carbocycles. The topological polar surface area (TPSA) is 95.9 Å². The molecule has 2 atom stereocenters. The van der Waals surface area contributed by atoms with Crippen LogP contribution in [0.5, 0.6) is 0 Å². The van der Waals surface area contributed by atoms with Crippen molar-refractivity contribution in [2.24, 2.45) is 0 Å². The summed E-state index contributed by atoms with van der Waals surface area (Å²) in [4.78, 5) is 36.3. The largest absolute Gasteiger partial charge is 0.349 e. The van der Waals surface area contributed by atoms with Gasteiger partial charge in [-0.1, -0.05) is 13.5 Å². The minimum absolute atomic E-state index is 0.0834. The van der Waals surface area contributed by atoms with E-state index in [2.05, 4.69) is 11.9 Å². The van der Waals surface area contributed by atoms with E-state index < -0.39 is 29.7 Å². The molecule has 0 aromatic carbocycles. The second kappa shape index (κ2) is 6.15. The first-order chi connectivity index (χ1) is 9.25. The number of aliphatic hydroxyl groups is 1. The van der Waals surface area contributed by atoms with Crippen LogP contribution >= 0.6 is 0 Å². The molecule has 1 fully saturated rings. The van der Waals surface area contributed by atoms with Crippen LogP contribution in [0.2, 0.25) is 0 Å². The lowest BCUT2D eigenvalue weighted by atomic mass is 10.2.